The summed E-state index contributed by atoms with van der Waals surface area (Å²) in [6.07, 6.45) is 0. The third kappa shape index (κ3) is 4.07. The zero-order chi connectivity index (χ0) is 30.9. The summed E-state index contributed by atoms with van der Waals surface area (Å²) >= 11 is 1.89. The second kappa shape index (κ2) is 10.4. The van der Waals surface area contributed by atoms with Crippen LogP contribution in [0.5, 0.6) is 0 Å². The first-order chi connectivity index (χ1) is 23.3. The maximum atomic E-state index is 2.37. The van der Waals surface area contributed by atoms with E-state index in [4.69, 9.17) is 0 Å². The minimum Gasteiger partial charge on any atom is -0.135 e. The molecule has 1 aromatic heterocycles. The maximum Gasteiger partial charge on any atom is 0.0361 e. The first-order valence-electron chi connectivity index (χ1n) is 16.2. The summed E-state index contributed by atoms with van der Waals surface area (Å²) in [5.74, 6) is 0. The summed E-state index contributed by atoms with van der Waals surface area (Å²) in [5.41, 5.74) is 7.60. The molecule has 0 radical (unpaired) electrons. The van der Waals surface area contributed by atoms with Gasteiger partial charge < -0.3 is 0 Å². The molecule has 47 heavy (non-hydrogen) atoms. The number of thiophene rings is 1. The van der Waals surface area contributed by atoms with Gasteiger partial charge in [-0.05, 0) is 88.6 Å². The summed E-state index contributed by atoms with van der Waals surface area (Å²) in [4.78, 5) is 0. The molecule has 1 heteroatoms. The van der Waals surface area contributed by atoms with Gasteiger partial charge in [-0.25, -0.2) is 0 Å². The van der Waals surface area contributed by atoms with Gasteiger partial charge in [0.15, 0.2) is 0 Å². The van der Waals surface area contributed by atoms with Crippen molar-refractivity contribution < 1.29 is 0 Å². The van der Waals surface area contributed by atoms with Crippen LogP contribution in [0.25, 0.3) is 96.6 Å². The molecule has 9 aromatic carbocycles. The van der Waals surface area contributed by atoms with Crippen molar-refractivity contribution in [2.45, 2.75) is 0 Å². The van der Waals surface area contributed by atoms with E-state index in [0.29, 0.717) is 0 Å². The van der Waals surface area contributed by atoms with E-state index in [1.54, 1.807) is 0 Å². The lowest BCUT2D eigenvalue weighted by molar-refractivity contribution is 1.64. The molecule has 10 aromatic rings. The second-order valence-corrected chi connectivity index (χ2v) is 13.5. The van der Waals surface area contributed by atoms with Crippen molar-refractivity contribution >= 4 is 74.6 Å². The molecule has 0 bridgehead atoms. The molecule has 0 amide bonds. The van der Waals surface area contributed by atoms with E-state index in [1.165, 1.54) is 96.6 Å². The second-order valence-electron chi connectivity index (χ2n) is 12.4. The van der Waals surface area contributed by atoms with Gasteiger partial charge in [-0.2, -0.15) is 0 Å². The fourth-order valence-electron chi connectivity index (χ4n) is 7.73. The average Bonchev–Trinajstić information content (AvgIpc) is 3.52. The zero-order valence-electron chi connectivity index (χ0n) is 25.6. The molecule has 0 atom stereocenters. The largest absolute Gasteiger partial charge is 0.135 e. The van der Waals surface area contributed by atoms with Gasteiger partial charge in [0.25, 0.3) is 0 Å². The number of hydrogen-bond acceptors (Lipinski definition) is 1. The van der Waals surface area contributed by atoms with Gasteiger partial charge in [0, 0.05) is 20.2 Å². The molecule has 10 rings (SSSR count). The topological polar surface area (TPSA) is 0 Å². The van der Waals surface area contributed by atoms with Crippen LogP contribution in [-0.4, -0.2) is 0 Å². The Labute approximate surface area is 276 Å². The van der Waals surface area contributed by atoms with Crippen molar-refractivity contribution in [1.82, 2.24) is 0 Å². The summed E-state index contributed by atoms with van der Waals surface area (Å²) < 4.78 is 2.68. The highest BCUT2D eigenvalue weighted by Gasteiger charge is 2.18. The van der Waals surface area contributed by atoms with Crippen molar-refractivity contribution in [2.75, 3.05) is 0 Å². The van der Waals surface area contributed by atoms with E-state index in [0.717, 1.165) is 0 Å². The molecule has 0 N–H and O–H groups in total. The Morgan fingerprint density at radius 3 is 1.53 bits per heavy atom. The Kier molecular flexibility index (Phi) is 5.85. The lowest BCUT2D eigenvalue weighted by Crippen LogP contribution is -1.91. The van der Waals surface area contributed by atoms with Crippen molar-refractivity contribution in [3.8, 4) is 33.4 Å². The van der Waals surface area contributed by atoms with Crippen LogP contribution in [0, 0.1) is 0 Å². The highest BCUT2D eigenvalue weighted by Crippen LogP contribution is 2.46. The monoisotopic (exact) mass is 612 g/mol. The Hall–Kier alpha value is -5.76. The summed E-state index contributed by atoms with van der Waals surface area (Å²) in [6.45, 7) is 0. The molecule has 0 aliphatic carbocycles. The number of hydrogen-bond donors (Lipinski definition) is 0. The van der Waals surface area contributed by atoms with Crippen LogP contribution < -0.4 is 0 Å². The molecular formula is C46H28S. The maximum absolute atomic E-state index is 2.37. The molecule has 1 heterocycles. The molecule has 0 spiro atoms. The fourth-order valence-corrected chi connectivity index (χ4v) is 8.89. The standard InChI is InChI=1S/C46H28S/c1-3-13-34-30(10-1)12-9-19-36(34)45-39-17-7-5-15-37(39)44(38-16-6-8-18-40(38)45)32-22-20-29(21-23-32)33-24-26-41-43(28-33)47-42-27-25-31-11-2-4-14-35(31)46(41)42/h1-28H. The summed E-state index contributed by atoms with van der Waals surface area (Å²) in [5, 5.41) is 13.0. The molecule has 0 nitrogen and oxygen atoms in total. The molecule has 0 saturated heterocycles. The van der Waals surface area contributed by atoms with Gasteiger partial charge in [0.2, 0.25) is 0 Å². The Morgan fingerprint density at radius 1 is 0.298 bits per heavy atom. The fraction of sp³-hybridized carbons (Fsp3) is 0. The molecule has 0 unspecified atom stereocenters. The predicted octanol–water partition coefficient (Wildman–Crippen LogP) is 13.7. The third-order valence-electron chi connectivity index (χ3n) is 9.86. The quantitative estimate of drug-likeness (QED) is 0.174. The Bertz CT molecular complexity index is 2770. The molecule has 0 aliphatic heterocycles. The van der Waals surface area contributed by atoms with E-state index in [-0.39, 0.29) is 0 Å². The molecular weight excluding hydrogens is 585 g/mol. The first kappa shape index (κ1) is 26.5. The van der Waals surface area contributed by atoms with Crippen molar-refractivity contribution in [2.24, 2.45) is 0 Å². The molecule has 218 valence electrons. The smallest absolute Gasteiger partial charge is 0.0361 e. The van der Waals surface area contributed by atoms with Crippen LogP contribution in [0.15, 0.2) is 170 Å². The van der Waals surface area contributed by atoms with Gasteiger partial charge in [0.05, 0.1) is 0 Å². The van der Waals surface area contributed by atoms with E-state index in [9.17, 15) is 0 Å². The SMILES string of the molecule is c1ccc2c(-c3c4ccccc4c(-c4ccc(-c5ccc6c(c5)sc5ccc7ccccc7c56)cc4)c4ccccc34)cccc2c1. The Balaban J connectivity index is 1.14. The Morgan fingerprint density at radius 2 is 0.830 bits per heavy atom. The van der Waals surface area contributed by atoms with Gasteiger partial charge in [-0.15, -0.1) is 11.3 Å². The highest BCUT2D eigenvalue weighted by molar-refractivity contribution is 7.26. The normalized spacial score (nSPS) is 11.8. The summed E-state index contributed by atoms with van der Waals surface area (Å²) in [6, 6.07) is 62.7. The van der Waals surface area contributed by atoms with Crippen molar-refractivity contribution in [3.05, 3.63) is 170 Å². The van der Waals surface area contributed by atoms with Crippen LogP contribution in [0.2, 0.25) is 0 Å². The van der Waals surface area contributed by atoms with Crippen LogP contribution in [0.4, 0.5) is 0 Å². The zero-order valence-corrected chi connectivity index (χ0v) is 26.4. The average molecular weight is 613 g/mol. The first-order valence-corrected chi connectivity index (χ1v) is 17.0. The number of rotatable bonds is 3. The van der Waals surface area contributed by atoms with Gasteiger partial charge in [-0.3, -0.25) is 0 Å². The van der Waals surface area contributed by atoms with Gasteiger partial charge in [0.1, 0.15) is 0 Å². The molecule has 0 aliphatic rings. The van der Waals surface area contributed by atoms with Crippen LogP contribution >= 0.6 is 11.3 Å². The van der Waals surface area contributed by atoms with E-state index in [2.05, 4.69) is 170 Å². The predicted molar refractivity (Wildman–Crippen MR) is 206 cm³/mol. The highest BCUT2D eigenvalue weighted by atomic mass is 32.1. The summed E-state index contributed by atoms with van der Waals surface area (Å²) in [7, 11) is 0. The van der Waals surface area contributed by atoms with Crippen LogP contribution in [-0.2, 0) is 0 Å². The number of fused-ring (bicyclic) bond motifs is 8. The molecule has 0 saturated carbocycles. The van der Waals surface area contributed by atoms with Crippen molar-refractivity contribution in [3.63, 3.8) is 0 Å². The van der Waals surface area contributed by atoms with Crippen molar-refractivity contribution in [1.29, 1.82) is 0 Å². The van der Waals surface area contributed by atoms with E-state index < -0.39 is 0 Å². The van der Waals surface area contributed by atoms with E-state index >= 15 is 0 Å². The van der Waals surface area contributed by atoms with Crippen LogP contribution in [0.1, 0.15) is 0 Å². The number of benzene rings is 9. The van der Waals surface area contributed by atoms with Gasteiger partial charge in [-0.1, -0.05) is 158 Å². The lowest BCUT2D eigenvalue weighted by Gasteiger charge is -2.19. The minimum atomic E-state index is 1.24. The molecule has 0 fully saturated rings. The lowest BCUT2D eigenvalue weighted by atomic mass is 9.84. The third-order valence-corrected chi connectivity index (χ3v) is 11.0. The van der Waals surface area contributed by atoms with Gasteiger partial charge >= 0.3 is 0 Å². The minimum absolute atomic E-state index is 1.24. The van der Waals surface area contributed by atoms with E-state index in [1.807, 2.05) is 11.3 Å². The van der Waals surface area contributed by atoms with Crippen LogP contribution in [0.3, 0.4) is 0 Å².